The van der Waals surface area contributed by atoms with Gasteiger partial charge in [-0.15, -0.1) is 0 Å². The normalized spacial score (nSPS) is 34.7. The van der Waals surface area contributed by atoms with Gasteiger partial charge in [-0.2, -0.15) is 0 Å². The molecule has 1 aliphatic heterocycles. The number of carbonyl (C=O) groups excluding carboxylic acids is 2. The van der Waals surface area contributed by atoms with E-state index < -0.39 is 6.04 Å². The molecule has 2 rings (SSSR count). The van der Waals surface area contributed by atoms with Crippen LogP contribution in [0.2, 0.25) is 0 Å². The number of cyclic esters (lactones) is 1. The minimum Gasteiger partial charge on any atom is -0.464 e. The van der Waals surface area contributed by atoms with Gasteiger partial charge in [0.2, 0.25) is 5.91 Å². The number of hydrogen-bond acceptors (Lipinski definition) is 3. The lowest BCUT2D eigenvalue weighted by molar-refractivity contribution is -0.152. The standard InChI is InChI=1S/C16H27NO3/c1-10(2)12-7-6-11(3)9-13(12)15(18)17-14-5-4-8-20-16(14)19/h10-14H,4-9H2,1-3H3,(H,17,18)/t11-,12+,13-,14?/m1/s1. The van der Waals surface area contributed by atoms with Gasteiger partial charge in [0.1, 0.15) is 6.04 Å². The maximum Gasteiger partial charge on any atom is 0.328 e. The van der Waals surface area contributed by atoms with Crippen molar-refractivity contribution in [2.75, 3.05) is 6.61 Å². The first-order chi connectivity index (χ1) is 9.49. The first-order valence-corrected chi connectivity index (χ1v) is 7.96. The number of amides is 1. The molecule has 2 aliphatic rings. The van der Waals surface area contributed by atoms with E-state index in [-0.39, 0.29) is 17.8 Å². The lowest BCUT2D eigenvalue weighted by Gasteiger charge is -2.37. The van der Waals surface area contributed by atoms with Gasteiger partial charge in [-0.25, -0.2) is 4.79 Å². The van der Waals surface area contributed by atoms with Crippen LogP contribution in [-0.4, -0.2) is 24.5 Å². The van der Waals surface area contributed by atoms with E-state index in [9.17, 15) is 9.59 Å². The third-order valence-corrected chi connectivity index (χ3v) is 4.84. The highest BCUT2D eigenvalue weighted by molar-refractivity contribution is 5.86. The Morgan fingerprint density at radius 1 is 1.30 bits per heavy atom. The topological polar surface area (TPSA) is 55.4 Å². The molecule has 0 bridgehead atoms. The van der Waals surface area contributed by atoms with E-state index in [1.165, 1.54) is 6.42 Å². The van der Waals surface area contributed by atoms with Gasteiger partial charge >= 0.3 is 5.97 Å². The van der Waals surface area contributed by atoms with Crippen LogP contribution in [0.1, 0.15) is 52.9 Å². The molecule has 2 fully saturated rings. The summed E-state index contributed by atoms with van der Waals surface area (Å²) in [5.74, 6) is 1.38. The summed E-state index contributed by atoms with van der Waals surface area (Å²) < 4.78 is 5.02. The molecule has 114 valence electrons. The molecule has 20 heavy (non-hydrogen) atoms. The van der Waals surface area contributed by atoms with Crippen LogP contribution in [-0.2, 0) is 14.3 Å². The van der Waals surface area contributed by atoms with Crippen molar-refractivity contribution in [1.82, 2.24) is 5.32 Å². The summed E-state index contributed by atoms with van der Waals surface area (Å²) in [5, 5.41) is 2.93. The summed E-state index contributed by atoms with van der Waals surface area (Å²) in [6.07, 6.45) is 4.81. The number of carbonyl (C=O) groups is 2. The van der Waals surface area contributed by atoms with Crippen LogP contribution in [0.15, 0.2) is 0 Å². The van der Waals surface area contributed by atoms with E-state index in [0.29, 0.717) is 30.8 Å². The number of hydrogen-bond donors (Lipinski definition) is 1. The van der Waals surface area contributed by atoms with Crippen molar-refractivity contribution in [2.45, 2.75) is 58.9 Å². The summed E-state index contributed by atoms with van der Waals surface area (Å²) in [6, 6.07) is -0.429. The average Bonchev–Trinajstić information content (AvgIpc) is 2.40. The quantitative estimate of drug-likeness (QED) is 0.809. The fraction of sp³-hybridized carbons (Fsp3) is 0.875. The van der Waals surface area contributed by atoms with E-state index in [4.69, 9.17) is 4.74 Å². The van der Waals surface area contributed by atoms with Gasteiger partial charge in [0.05, 0.1) is 6.61 Å². The molecular weight excluding hydrogens is 254 g/mol. The van der Waals surface area contributed by atoms with Crippen molar-refractivity contribution in [1.29, 1.82) is 0 Å². The highest BCUT2D eigenvalue weighted by atomic mass is 16.5. The minimum absolute atomic E-state index is 0.0495. The zero-order chi connectivity index (χ0) is 14.7. The molecule has 0 spiro atoms. The summed E-state index contributed by atoms with van der Waals surface area (Å²) in [7, 11) is 0. The Labute approximate surface area is 121 Å². The molecule has 0 radical (unpaired) electrons. The monoisotopic (exact) mass is 281 g/mol. The predicted octanol–water partition coefficient (Wildman–Crippen LogP) is 2.52. The lowest BCUT2D eigenvalue weighted by Crippen LogP contribution is -2.49. The van der Waals surface area contributed by atoms with E-state index in [2.05, 4.69) is 26.1 Å². The molecule has 1 amide bonds. The number of nitrogens with one attached hydrogen (secondary N) is 1. The van der Waals surface area contributed by atoms with Crippen LogP contribution in [0, 0.1) is 23.7 Å². The zero-order valence-electron chi connectivity index (χ0n) is 12.9. The smallest absolute Gasteiger partial charge is 0.328 e. The maximum atomic E-state index is 12.6. The van der Waals surface area contributed by atoms with Gasteiger partial charge in [0.25, 0.3) is 0 Å². The van der Waals surface area contributed by atoms with E-state index in [0.717, 1.165) is 19.3 Å². The Hall–Kier alpha value is -1.06. The number of ether oxygens (including phenoxy) is 1. The molecule has 0 aromatic heterocycles. The molecule has 1 aliphatic carbocycles. The van der Waals surface area contributed by atoms with Crippen LogP contribution in [0.25, 0.3) is 0 Å². The van der Waals surface area contributed by atoms with Crippen LogP contribution in [0.3, 0.4) is 0 Å². The molecule has 4 nitrogen and oxygen atoms in total. The molecule has 1 unspecified atom stereocenters. The van der Waals surface area contributed by atoms with Crippen molar-refractivity contribution >= 4 is 11.9 Å². The first-order valence-electron chi connectivity index (χ1n) is 7.96. The van der Waals surface area contributed by atoms with Crippen molar-refractivity contribution in [3.05, 3.63) is 0 Å². The molecule has 0 aromatic rings. The highest BCUT2D eigenvalue weighted by Gasteiger charge is 2.37. The SMILES string of the molecule is CC(C)[C@@H]1CC[C@@H](C)C[C@H]1C(=O)NC1CCCOC1=O. The molecular formula is C16H27NO3. The Morgan fingerprint density at radius 3 is 2.70 bits per heavy atom. The lowest BCUT2D eigenvalue weighted by atomic mass is 9.69. The maximum absolute atomic E-state index is 12.6. The summed E-state index contributed by atoms with van der Waals surface area (Å²) in [6.45, 7) is 7.08. The second kappa shape index (κ2) is 6.59. The fourth-order valence-corrected chi connectivity index (χ4v) is 3.59. The largest absolute Gasteiger partial charge is 0.464 e. The Morgan fingerprint density at radius 2 is 2.05 bits per heavy atom. The minimum atomic E-state index is -0.429. The van der Waals surface area contributed by atoms with Gasteiger partial charge in [0, 0.05) is 5.92 Å². The van der Waals surface area contributed by atoms with Crippen LogP contribution in [0.4, 0.5) is 0 Å². The Balaban J connectivity index is 1.99. The molecule has 4 heteroatoms. The summed E-state index contributed by atoms with van der Waals surface area (Å²) in [5.41, 5.74) is 0. The van der Waals surface area contributed by atoms with Crippen molar-refractivity contribution < 1.29 is 14.3 Å². The van der Waals surface area contributed by atoms with Crippen molar-refractivity contribution in [3.8, 4) is 0 Å². The van der Waals surface area contributed by atoms with E-state index in [1.807, 2.05) is 0 Å². The Bertz CT molecular complexity index is 367. The van der Waals surface area contributed by atoms with Crippen molar-refractivity contribution in [3.63, 3.8) is 0 Å². The number of esters is 1. The fourth-order valence-electron chi connectivity index (χ4n) is 3.59. The van der Waals surface area contributed by atoms with Gasteiger partial charge in [-0.1, -0.05) is 27.2 Å². The molecule has 0 aromatic carbocycles. The molecule has 4 atom stereocenters. The first kappa shape index (κ1) is 15.3. The summed E-state index contributed by atoms with van der Waals surface area (Å²) in [4.78, 5) is 24.2. The molecule has 1 saturated carbocycles. The average molecular weight is 281 g/mol. The highest BCUT2D eigenvalue weighted by Crippen LogP contribution is 2.38. The van der Waals surface area contributed by atoms with Crippen molar-refractivity contribution in [2.24, 2.45) is 23.7 Å². The van der Waals surface area contributed by atoms with E-state index >= 15 is 0 Å². The Kier molecular flexibility index (Phi) is 5.06. The van der Waals surface area contributed by atoms with Gasteiger partial charge in [-0.05, 0) is 43.4 Å². The molecule has 1 heterocycles. The van der Waals surface area contributed by atoms with Crippen LogP contribution < -0.4 is 5.32 Å². The second-order valence-corrected chi connectivity index (χ2v) is 6.80. The molecule has 1 saturated heterocycles. The van der Waals surface area contributed by atoms with Gasteiger partial charge < -0.3 is 10.1 Å². The van der Waals surface area contributed by atoms with Crippen LogP contribution in [0.5, 0.6) is 0 Å². The zero-order valence-corrected chi connectivity index (χ0v) is 12.9. The predicted molar refractivity (Wildman–Crippen MR) is 77.0 cm³/mol. The summed E-state index contributed by atoms with van der Waals surface area (Å²) >= 11 is 0. The third kappa shape index (κ3) is 3.53. The van der Waals surface area contributed by atoms with E-state index in [1.54, 1.807) is 0 Å². The third-order valence-electron chi connectivity index (χ3n) is 4.84. The molecule has 1 N–H and O–H groups in total. The second-order valence-electron chi connectivity index (χ2n) is 6.80. The number of rotatable bonds is 3. The van der Waals surface area contributed by atoms with Crippen LogP contribution >= 0.6 is 0 Å². The van der Waals surface area contributed by atoms with Gasteiger partial charge in [-0.3, -0.25) is 4.79 Å². The van der Waals surface area contributed by atoms with Gasteiger partial charge in [0.15, 0.2) is 0 Å².